The van der Waals surface area contributed by atoms with Crippen LogP contribution in [0.2, 0.25) is 0 Å². The van der Waals surface area contributed by atoms with Crippen LogP contribution in [-0.2, 0) is 0 Å². The Bertz CT molecular complexity index is 358. The van der Waals surface area contributed by atoms with Crippen molar-refractivity contribution in [1.29, 1.82) is 0 Å². The molecule has 15 heavy (non-hydrogen) atoms. The number of anilines is 1. The van der Waals surface area contributed by atoms with Gasteiger partial charge in [0, 0.05) is 18.5 Å². The SMILES string of the molecule is Nc1nc(C(=O)N2CCC(O)CC2)cs1. The molecule has 1 aromatic heterocycles. The van der Waals surface area contributed by atoms with Gasteiger partial charge in [0.1, 0.15) is 5.69 Å². The monoisotopic (exact) mass is 227 g/mol. The molecule has 6 heteroatoms. The molecule has 1 fully saturated rings. The largest absolute Gasteiger partial charge is 0.393 e. The van der Waals surface area contributed by atoms with Gasteiger partial charge in [-0.05, 0) is 12.8 Å². The number of nitrogen functional groups attached to an aromatic ring is 1. The van der Waals surface area contributed by atoms with Gasteiger partial charge in [0.15, 0.2) is 5.13 Å². The number of nitrogens with zero attached hydrogens (tertiary/aromatic N) is 2. The number of thiazole rings is 1. The number of aliphatic hydroxyl groups excluding tert-OH is 1. The summed E-state index contributed by atoms with van der Waals surface area (Å²) in [6, 6.07) is 0. The van der Waals surface area contributed by atoms with E-state index in [0.29, 0.717) is 36.8 Å². The van der Waals surface area contributed by atoms with Gasteiger partial charge < -0.3 is 15.7 Å². The zero-order valence-corrected chi connectivity index (χ0v) is 9.04. The zero-order valence-electron chi connectivity index (χ0n) is 8.22. The highest BCUT2D eigenvalue weighted by molar-refractivity contribution is 7.13. The van der Waals surface area contributed by atoms with Crippen LogP contribution in [-0.4, -0.2) is 40.1 Å². The van der Waals surface area contributed by atoms with Crippen molar-refractivity contribution in [2.24, 2.45) is 0 Å². The van der Waals surface area contributed by atoms with Crippen molar-refractivity contribution in [2.75, 3.05) is 18.8 Å². The molecule has 1 amide bonds. The van der Waals surface area contributed by atoms with Gasteiger partial charge in [-0.15, -0.1) is 11.3 Å². The standard InChI is InChI=1S/C9H13N3O2S/c10-9-11-7(5-15-9)8(14)12-3-1-6(13)2-4-12/h5-6,13H,1-4H2,(H2,10,11). The molecule has 0 unspecified atom stereocenters. The van der Waals surface area contributed by atoms with Gasteiger partial charge >= 0.3 is 0 Å². The van der Waals surface area contributed by atoms with E-state index in [2.05, 4.69) is 4.98 Å². The minimum absolute atomic E-state index is 0.0881. The Hall–Kier alpha value is -1.14. The van der Waals surface area contributed by atoms with E-state index >= 15 is 0 Å². The predicted molar refractivity (Wildman–Crippen MR) is 57.7 cm³/mol. The van der Waals surface area contributed by atoms with Crippen LogP contribution in [0.1, 0.15) is 23.3 Å². The summed E-state index contributed by atoms with van der Waals surface area (Å²) >= 11 is 1.27. The van der Waals surface area contributed by atoms with E-state index in [1.807, 2.05) is 0 Å². The van der Waals surface area contributed by atoms with Gasteiger partial charge in [-0.3, -0.25) is 4.79 Å². The average molecular weight is 227 g/mol. The maximum atomic E-state index is 11.9. The lowest BCUT2D eigenvalue weighted by molar-refractivity contribution is 0.0542. The second-order valence-electron chi connectivity index (χ2n) is 3.59. The molecule has 0 spiro atoms. The summed E-state index contributed by atoms with van der Waals surface area (Å²) < 4.78 is 0. The van der Waals surface area contributed by atoms with Crippen LogP contribution in [0, 0.1) is 0 Å². The molecule has 3 N–H and O–H groups in total. The molecule has 2 rings (SSSR count). The van der Waals surface area contributed by atoms with Gasteiger partial charge in [0.2, 0.25) is 0 Å². The molecule has 0 saturated carbocycles. The van der Waals surface area contributed by atoms with Crippen LogP contribution in [0.25, 0.3) is 0 Å². The normalized spacial score (nSPS) is 18.1. The van der Waals surface area contributed by atoms with Crippen molar-refractivity contribution < 1.29 is 9.90 Å². The molecule has 1 aliphatic heterocycles. The summed E-state index contributed by atoms with van der Waals surface area (Å²) in [6.07, 6.45) is 1.02. The van der Waals surface area contributed by atoms with Crippen LogP contribution >= 0.6 is 11.3 Å². The number of rotatable bonds is 1. The lowest BCUT2D eigenvalue weighted by Gasteiger charge is -2.28. The lowest BCUT2D eigenvalue weighted by atomic mass is 10.1. The first-order valence-electron chi connectivity index (χ1n) is 4.85. The van der Waals surface area contributed by atoms with E-state index in [1.54, 1.807) is 10.3 Å². The molecule has 0 atom stereocenters. The summed E-state index contributed by atoms with van der Waals surface area (Å²) in [5.41, 5.74) is 5.88. The Balaban J connectivity index is 2.02. The summed E-state index contributed by atoms with van der Waals surface area (Å²) in [7, 11) is 0. The van der Waals surface area contributed by atoms with Crippen LogP contribution in [0.4, 0.5) is 5.13 Å². The minimum atomic E-state index is -0.269. The second kappa shape index (κ2) is 4.16. The Morgan fingerprint density at radius 3 is 2.80 bits per heavy atom. The Labute approximate surface area is 91.5 Å². The van der Waals surface area contributed by atoms with Crippen LogP contribution < -0.4 is 5.73 Å². The number of aliphatic hydroxyl groups is 1. The number of carbonyl (C=O) groups excluding carboxylic acids is 1. The molecule has 1 aromatic rings. The van der Waals surface area contributed by atoms with E-state index in [0.717, 1.165) is 0 Å². The molecule has 82 valence electrons. The fourth-order valence-corrected chi connectivity index (χ4v) is 2.15. The first kappa shape index (κ1) is 10.4. The van der Waals surface area contributed by atoms with Crippen LogP contribution in [0.15, 0.2) is 5.38 Å². The molecular weight excluding hydrogens is 214 g/mol. The average Bonchev–Trinajstić information content (AvgIpc) is 2.65. The second-order valence-corrected chi connectivity index (χ2v) is 4.48. The number of amides is 1. The molecule has 0 radical (unpaired) electrons. The van der Waals surface area contributed by atoms with Gasteiger partial charge in [-0.25, -0.2) is 4.98 Å². The lowest BCUT2D eigenvalue weighted by Crippen LogP contribution is -2.40. The zero-order chi connectivity index (χ0) is 10.8. The van der Waals surface area contributed by atoms with Gasteiger partial charge in [-0.2, -0.15) is 0 Å². The first-order valence-corrected chi connectivity index (χ1v) is 5.73. The summed E-state index contributed by atoms with van der Waals surface area (Å²) in [5, 5.41) is 11.4. The highest BCUT2D eigenvalue weighted by atomic mass is 32.1. The number of likely N-dealkylation sites (tertiary alicyclic amines) is 1. The van der Waals surface area contributed by atoms with Crippen LogP contribution in [0.5, 0.6) is 0 Å². The Kier molecular flexibility index (Phi) is 2.88. The van der Waals surface area contributed by atoms with Crippen molar-refractivity contribution in [2.45, 2.75) is 18.9 Å². The van der Waals surface area contributed by atoms with Crippen molar-refractivity contribution in [3.05, 3.63) is 11.1 Å². The maximum Gasteiger partial charge on any atom is 0.273 e. The van der Waals surface area contributed by atoms with E-state index in [9.17, 15) is 9.90 Å². The minimum Gasteiger partial charge on any atom is -0.393 e. The van der Waals surface area contributed by atoms with E-state index in [1.165, 1.54) is 11.3 Å². The quantitative estimate of drug-likeness (QED) is 0.724. The van der Waals surface area contributed by atoms with Gasteiger partial charge in [-0.1, -0.05) is 0 Å². The van der Waals surface area contributed by atoms with Crippen molar-refractivity contribution in [3.63, 3.8) is 0 Å². The van der Waals surface area contributed by atoms with Gasteiger partial charge in [0.05, 0.1) is 6.10 Å². The highest BCUT2D eigenvalue weighted by Gasteiger charge is 2.23. The number of piperidine rings is 1. The number of carbonyl (C=O) groups is 1. The maximum absolute atomic E-state index is 11.9. The number of hydrogen-bond acceptors (Lipinski definition) is 5. The topological polar surface area (TPSA) is 79.5 Å². The summed E-state index contributed by atoms with van der Waals surface area (Å²) in [5.74, 6) is -0.0881. The smallest absolute Gasteiger partial charge is 0.273 e. The predicted octanol–water partition coefficient (Wildman–Crippen LogP) is 0.322. The molecular formula is C9H13N3O2S. The van der Waals surface area contributed by atoms with Crippen LogP contribution in [0.3, 0.4) is 0 Å². The molecule has 1 saturated heterocycles. The highest BCUT2D eigenvalue weighted by Crippen LogP contribution is 2.16. The number of aromatic nitrogens is 1. The number of nitrogens with two attached hydrogens (primary N) is 1. The third-order valence-electron chi connectivity index (χ3n) is 2.49. The molecule has 1 aliphatic rings. The fraction of sp³-hybridized carbons (Fsp3) is 0.556. The third kappa shape index (κ3) is 2.27. The Morgan fingerprint density at radius 1 is 1.60 bits per heavy atom. The van der Waals surface area contributed by atoms with Crippen molar-refractivity contribution in [3.8, 4) is 0 Å². The fourth-order valence-electron chi connectivity index (χ4n) is 1.62. The summed E-state index contributed by atoms with van der Waals surface area (Å²) in [4.78, 5) is 17.5. The molecule has 2 heterocycles. The van der Waals surface area contributed by atoms with E-state index in [-0.39, 0.29) is 12.0 Å². The Morgan fingerprint density at radius 2 is 2.27 bits per heavy atom. The summed E-state index contributed by atoms with van der Waals surface area (Å²) in [6.45, 7) is 1.19. The van der Waals surface area contributed by atoms with Crippen molar-refractivity contribution in [1.82, 2.24) is 9.88 Å². The number of hydrogen-bond donors (Lipinski definition) is 2. The van der Waals surface area contributed by atoms with Gasteiger partial charge in [0.25, 0.3) is 5.91 Å². The molecule has 5 nitrogen and oxygen atoms in total. The van der Waals surface area contributed by atoms with E-state index in [4.69, 9.17) is 5.73 Å². The molecule has 0 aliphatic carbocycles. The molecule has 0 bridgehead atoms. The van der Waals surface area contributed by atoms with Crippen molar-refractivity contribution >= 4 is 22.4 Å². The van der Waals surface area contributed by atoms with E-state index < -0.39 is 0 Å². The first-order chi connectivity index (χ1) is 7.16. The molecule has 0 aromatic carbocycles. The third-order valence-corrected chi connectivity index (χ3v) is 3.17.